The summed E-state index contributed by atoms with van der Waals surface area (Å²) in [6.45, 7) is 10.3. The molecule has 2 aromatic rings. The molecule has 138 valence electrons. The molecule has 0 saturated carbocycles. The summed E-state index contributed by atoms with van der Waals surface area (Å²) in [6.07, 6.45) is 3.67. The Kier molecular flexibility index (Phi) is 5.48. The largest absolute Gasteiger partial charge is 0.489 e. The number of nitrogens with one attached hydrogen (secondary N) is 1. The zero-order valence-corrected chi connectivity index (χ0v) is 16.6. The Hall–Kier alpha value is -2.12. The molecule has 6 nitrogen and oxygen atoms in total. The molecular formula is C19H25N5OS. The minimum absolute atomic E-state index is 0.109. The number of ether oxygens (including phenoxy) is 1. The van der Waals surface area contributed by atoms with E-state index in [1.807, 2.05) is 43.8 Å². The van der Waals surface area contributed by atoms with Crippen LogP contribution in [0.5, 0.6) is 5.75 Å². The lowest BCUT2D eigenvalue weighted by Crippen LogP contribution is -2.55. The molecule has 0 aliphatic carbocycles. The van der Waals surface area contributed by atoms with Crippen molar-refractivity contribution in [3.63, 3.8) is 0 Å². The van der Waals surface area contributed by atoms with Gasteiger partial charge >= 0.3 is 0 Å². The van der Waals surface area contributed by atoms with Gasteiger partial charge in [0.25, 0.3) is 0 Å². The maximum absolute atomic E-state index is 5.72. The van der Waals surface area contributed by atoms with E-state index in [1.165, 1.54) is 11.9 Å². The average molecular weight is 372 g/mol. The van der Waals surface area contributed by atoms with Crippen LogP contribution in [0.3, 0.4) is 0 Å². The van der Waals surface area contributed by atoms with Crippen LogP contribution in [0, 0.1) is 6.92 Å². The van der Waals surface area contributed by atoms with Crippen LogP contribution in [-0.2, 0) is 5.79 Å². The molecule has 7 heteroatoms. The monoisotopic (exact) mass is 371 g/mol. The van der Waals surface area contributed by atoms with Crippen LogP contribution in [0.25, 0.3) is 0 Å². The van der Waals surface area contributed by atoms with Gasteiger partial charge in [-0.25, -0.2) is 14.7 Å². The Labute approximate surface area is 159 Å². The molecule has 1 aliphatic heterocycles. The Bertz CT molecular complexity index is 778. The fourth-order valence-electron chi connectivity index (χ4n) is 3.02. The summed E-state index contributed by atoms with van der Waals surface area (Å²) in [5.41, 5.74) is 3.70. The van der Waals surface area contributed by atoms with Crippen molar-refractivity contribution in [1.82, 2.24) is 14.7 Å². The number of anilines is 1. The first-order chi connectivity index (χ1) is 12.4. The molecule has 1 N–H and O–H groups in total. The molecule has 0 fully saturated rings. The minimum Gasteiger partial charge on any atom is -0.489 e. The van der Waals surface area contributed by atoms with Crippen LogP contribution in [0.4, 0.5) is 5.82 Å². The van der Waals surface area contributed by atoms with Crippen molar-refractivity contribution in [2.24, 2.45) is 4.99 Å². The summed E-state index contributed by atoms with van der Waals surface area (Å²) >= 11 is 1.45. The molecule has 3 rings (SSSR count). The van der Waals surface area contributed by atoms with Gasteiger partial charge in [-0.2, -0.15) is 0 Å². The van der Waals surface area contributed by atoms with E-state index in [0.29, 0.717) is 0 Å². The molecule has 1 atom stereocenters. The molecule has 26 heavy (non-hydrogen) atoms. The molecule has 0 amide bonds. The fraction of sp³-hybridized carbons (Fsp3) is 0.421. The molecule has 0 bridgehead atoms. The zero-order chi connectivity index (χ0) is 18.7. The third-order valence-electron chi connectivity index (χ3n) is 4.03. The number of nitrogens with zero attached hydrogens (tertiary/aromatic N) is 4. The Morgan fingerprint density at radius 2 is 1.96 bits per heavy atom. The van der Waals surface area contributed by atoms with Crippen LogP contribution in [0.2, 0.25) is 0 Å². The highest BCUT2D eigenvalue weighted by atomic mass is 32.2. The van der Waals surface area contributed by atoms with Crippen molar-refractivity contribution in [3.05, 3.63) is 47.9 Å². The number of hydrogen-bond donors (Lipinski definition) is 1. The Morgan fingerprint density at radius 1 is 1.15 bits per heavy atom. The van der Waals surface area contributed by atoms with E-state index in [0.717, 1.165) is 22.8 Å². The first-order valence-corrected chi connectivity index (χ1v) is 9.62. The van der Waals surface area contributed by atoms with Gasteiger partial charge in [-0.1, -0.05) is 6.07 Å². The second-order valence-corrected chi connectivity index (χ2v) is 7.43. The van der Waals surface area contributed by atoms with Gasteiger partial charge in [-0.05, 0) is 70.3 Å². The maximum Gasteiger partial charge on any atom is 0.242 e. The second kappa shape index (κ2) is 7.63. The van der Waals surface area contributed by atoms with E-state index >= 15 is 0 Å². The number of rotatable bonds is 6. The number of aryl methyl sites for hydroxylation is 1. The maximum atomic E-state index is 5.72. The second-order valence-electron chi connectivity index (χ2n) is 6.78. The zero-order valence-electron chi connectivity index (χ0n) is 15.8. The van der Waals surface area contributed by atoms with E-state index in [-0.39, 0.29) is 12.1 Å². The molecule has 2 aromatic heterocycles. The predicted molar refractivity (Wildman–Crippen MR) is 107 cm³/mol. The highest BCUT2D eigenvalue weighted by Crippen LogP contribution is 2.38. The lowest BCUT2D eigenvalue weighted by Gasteiger charge is -2.42. The summed E-state index contributed by atoms with van der Waals surface area (Å²) in [5, 5.41) is 0. The van der Waals surface area contributed by atoms with Crippen molar-refractivity contribution in [2.45, 2.75) is 52.6 Å². The van der Waals surface area contributed by atoms with Crippen molar-refractivity contribution in [1.29, 1.82) is 0 Å². The van der Waals surface area contributed by atoms with Gasteiger partial charge in [0.15, 0.2) is 0 Å². The summed E-state index contributed by atoms with van der Waals surface area (Å²) in [6, 6.07) is 8.06. The molecule has 0 aromatic carbocycles. The third kappa shape index (κ3) is 3.54. The Morgan fingerprint density at radius 3 is 2.50 bits per heavy atom. The van der Waals surface area contributed by atoms with Gasteiger partial charge in [0.1, 0.15) is 17.3 Å². The van der Waals surface area contributed by atoms with E-state index in [9.17, 15) is 0 Å². The average Bonchev–Trinajstić information content (AvgIpc) is 3.07. The molecule has 0 spiro atoms. The highest BCUT2D eigenvalue weighted by Gasteiger charge is 2.44. The van der Waals surface area contributed by atoms with Crippen LogP contribution >= 0.6 is 11.9 Å². The van der Waals surface area contributed by atoms with E-state index in [2.05, 4.69) is 46.4 Å². The van der Waals surface area contributed by atoms with Gasteiger partial charge in [-0.15, -0.1) is 0 Å². The predicted octanol–water partition coefficient (Wildman–Crippen LogP) is 3.88. The van der Waals surface area contributed by atoms with Crippen LogP contribution in [0.15, 0.2) is 41.7 Å². The lowest BCUT2D eigenvalue weighted by molar-refractivity contribution is 0.241. The van der Waals surface area contributed by atoms with Crippen LogP contribution in [-0.4, -0.2) is 27.7 Å². The summed E-state index contributed by atoms with van der Waals surface area (Å²) in [7, 11) is 0. The highest BCUT2D eigenvalue weighted by molar-refractivity contribution is 8.10. The molecule has 0 radical (unpaired) electrons. The van der Waals surface area contributed by atoms with Crippen molar-refractivity contribution in [2.75, 3.05) is 4.90 Å². The van der Waals surface area contributed by atoms with Crippen molar-refractivity contribution < 1.29 is 4.74 Å². The SMILES string of the molecule is Cc1cccnc1N(C(C)C)C1(c2ccc(OC(C)C)cn2)N=CSN1. The number of aliphatic imine (C=N–C) groups is 1. The van der Waals surface area contributed by atoms with Crippen LogP contribution in [0.1, 0.15) is 39.0 Å². The quantitative estimate of drug-likeness (QED) is 0.778. The smallest absolute Gasteiger partial charge is 0.242 e. The molecule has 0 saturated heterocycles. The summed E-state index contributed by atoms with van der Waals surface area (Å²) in [5.74, 6) is 0.825. The topological polar surface area (TPSA) is 62.6 Å². The normalized spacial score (nSPS) is 19.3. The number of hydrogen-bond acceptors (Lipinski definition) is 7. The lowest BCUT2D eigenvalue weighted by atomic mass is 10.1. The molecule has 1 unspecified atom stereocenters. The van der Waals surface area contributed by atoms with E-state index in [1.54, 1.807) is 6.20 Å². The summed E-state index contributed by atoms with van der Waals surface area (Å²) in [4.78, 5) is 16.2. The van der Waals surface area contributed by atoms with Gasteiger partial charge < -0.3 is 9.64 Å². The fourth-order valence-corrected chi connectivity index (χ4v) is 3.70. The molecule has 3 heterocycles. The van der Waals surface area contributed by atoms with Crippen LogP contribution < -0.4 is 14.4 Å². The number of pyridine rings is 2. The first-order valence-electron chi connectivity index (χ1n) is 8.74. The van der Waals surface area contributed by atoms with E-state index in [4.69, 9.17) is 9.73 Å². The minimum atomic E-state index is -0.811. The number of aromatic nitrogens is 2. The van der Waals surface area contributed by atoms with Crippen molar-refractivity contribution >= 4 is 23.3 Å². The summed E-state index contributed by atoms with van der Waals surface area (Å²) < 4.78 is 9.15. The Balaban J connectivity index is 2.06. The van der Waals surface area contributed by atoms with E-state index < -0.39 is 5.79 Å². The van der Waals surface area contributed by atoms with Crippen molar-refractivity contribution in [3.8, 4) is 5.75 Å². The first kappa shape index (κ1) is 18.7. The molecule has 1 aliphatic rings. The standard InChI is InChI=1S/C19H25N5OS/c1-13(2)24(18-15(5)7-6-10-20-18)19(22-12-26-23-19)17-9-8-16(11-21-17)25-14(3)4/h6-14,23H,1-5H3. The van der Waals surface area contributed by atoms with Gasteiger partial charge in [-0.3, -0.25) is 4.98 Å². The van der Waals surface area contributed by atoms with Gasteiger partial charge in [0.2, 0.25) is 5.79 Å². The molecular weight excluding hydrogens is 346 g/mol. The van der Waals surface area contributed by atoms with Gasteiger partial charge in [0, 0.05) is 12.2 Å². The third-order valence-corrected chi connectivity index (χ3v) is 4.65. The van der Waals surface area contributed by atoms with Gasteiger partial charge in [0.05, 0.1) is 17.8 Å².